The molecule has 0 radical (unpaired) electrons. The second-order valence-electron chi connectivity index (χ2n) is 3.13. The lowest BCUT2D eigenvalue weighted by Crippen LogP contribution is -2.31. The Bertz CT molecular complexity index is 418. The Balaban J connectivity index is 3.21. The lowest BCUT2D eigenvalue weighted by Gasteiger charge is -2.22. The molecule has 0 heterocycles. The number of benzene rings is 1. The highest BCUT2D eigenvalue weighted by molar-refractivity contribution is 9.09. The summed E-state index contributed by atoms with van der Waals surface area (Å²) in [6, 6.07) is 0.126. The summed E-state index contributed by atoms with van der Waals surface area (Å²) in [5.41, 5.74) is -1.07. The maximum absolute atomic E-state index is 13.1. The Hall–Kier alpha value is -0.790. The van der Waals surface area contributed by atoms with E-state index in [0.717, 1.165) is 0 Å². The summed E-state index contributed by atoms with van der Waals surface area (Å²) in [6.45, 7) is 0. The first-order valence-corrected chi connectivity index (χ1v) is 5.04. The van der Waals surface area contributed by atoms with E-state index in [1.54, 1.807) is 0 Å². The van der Waals surface area contributed by atoms with Crippen molar-refractivity contribution in [3.8, 4) is 0 Å². The standard InChI is InChI=1S/C9H4BrF7/c10-7(9(16,17)8(14)15)3-1-5(12)6(13)2-4(3)11/h1-2,7-8H. The van der Waals surface area contributed by atoms with Gasteiger partial charge in [0.05, 0.1) is 0 Å². The predicted octanol–water partition coefficient (Wildman–Crippen LogP) is 4.44. The average molecular weight is 325 g/mol. The zero-order valence-corrected chi connectivity index (χ0v) is 9.42. The largest absolute Gasteiger partial charge is 0.323 e. The molecular formula is C9H4BrF7. The van der Waals surface area contributed by atoms with E-state index in [2.05, 4.69) is 15.9 Å². The maximum Gasteiger partial charge on any atom is 0.323 e. The van der Waals surface area contributed by atoms with Crippen LogP contribution in [0.1, 0.15) is 10.4 Å². The van der Waals surface area contributed by atoms with Crippen molar-refractivity contribution in [2.75, 3.05) is 0 Å². The summed E-state index contributed by atoms with van der Waals surface area (Å²) in [5, 5.41) is 0. The first kappa shape index (κ1) is 14.3. The Labute approximate surface area is 99.6 Å². The van der Waals surface area contributed by atoms with Crippen LogP contribution in [0.2, 0.25) is 0 Å². The van der Waals surface area contributed by atoms with Crippen LogP contribution in [0.5, 0.6) is 0 Å². The van der Waals surface area contributed by atoms with Crippen molar-refractivity contribution in [2.45, 2.75) is 17.2 Å². The fourth-order valence-electron chi connectivity index (χ4n) is 1.05. The van der Waals surface area contributed by atoms with Gasteiger partial charge in [0.2, 0.25) is 0 Å². The van der Waals surface area contributed by atoms with Crippen LogP contribution in [-0.2, 0) is 0 Å². The molecule has 0 bridgehead atoms. The molecule has 0 amide bonds. The Kier molecular flexibility index (Phi) is 4.06. The lowest BCUT2D eigenvalue weighted by atomic mass is 10.1. The smallest absolute Gasteiger partial charge is 0.207 e. The van der Waals surface area contributed by atoms with Gasteiger partial charge >= 0.3 is 12.3 Å². The first-order valence-electron chi connectivity index (χ1n) is 4.12. The van der Waals surface area contributed by atoms with E-state index in [-0.39, 0.29) is 12.1 Å². The monoisotopic (exact) mass is 324 g/mol. The molecule has 17 heavy (non-hydrogen) atoms. The van der Waals surface area contributed by atoms with Crippen LogP contribution in [0.15, 0.2) is 12.1 Å². The molecular weight excluding hydrogens is 321 g/mol. The molecule has 0 nitrogen and oxygen atoms in total. The van der Waals surface area contributed by atoms with E-state index in [0.29, 0.717) is 0 Å². The quantitative estimate of drug-likeness (QED) is 0.438. The normalized spacial score (nSPS) is 14.2. The molecule has 1 unspecified atom stereocenters. The first-order chi connectivity index (χ1) is 7.67. The summed E-state index contributed by atoms with van der Waals surface area (Å²) >= 11 is 2.16. The second kappa shape index (κ2) is 4.83. The molecule has 0 aliphatic carbocycles. The van der Waals surface area contributed by atoms with Gasteiger partial charge in [0, 0.05) is 11.6 Å². The van der Waals surface area contributed by atoms with Gasteiger partial charge in [-0.3, -0.25) is 0 Å². The molecule has 0 aliphatic heterocycles. The average Bonchev–Trinajstić information content (AvgIpc) is 2.22. The van der Waals surface area contributed by atoms with Crippen LogP contribution in [0.3, 0.4) is 0 Å². The van der Waals surface area contributed by atoms with Crippen molar-refractivity contribution in [2.24, 2.45) is 0 Å². The summed E-state index contributed by atoms with van der Waals surface area (Å²) in [5.74, 6) is -9.33. The zero-order valence-electron chi connectivity index (χ0n) is 7.83. The molecule has 1 atom stereocenters. The Morgan fingerprint density at radius 3 is 1.88 bits per heavy atom. The van der Waals surface area contributed by atoms with E-state index < -0.39 is 40.2 Å². The Morgan fingerprint density at radius 1 is 0.941 bits per heavy atom. The van der Waals surface area contributed by atoms with Gasteiger partial charge in [-0.1, -0.05) is 15.9 Å². The minimum atomic E-state index is -4.61. The molecule has 0 saturated carbocycles. The molecule has 0 saturated heterocycles. The molecule has 0 spiro atoms. The van der Waals surface area contributed by atoms with E-state index in [1.807, 2.05) is 0 Å². The van der Waals surface area contributed by atoms with Crippen LogP contribution in [0.4, 0.5) is 30.7 Å². The van der Waals surface area contributed by atoms with E-state index in [4.69, 9.17) is 0 Å². The van der Waals surface area contributed by atoms with Crippen molar-refractivity contribution < 1.29 is 30.7 Å². The third kappa shape index (κ3) is 2.72. The SMILES string of the molecule is Fc1cc(F)c(C(Br)C(F)(F)C(F)F)cc1F. The van der Waals surface area contributed by atoms with Crippen molar-refractivity contribution in [3.05, 3.63) is 35.1 Å². The van der Waals surface area contributed by atoms with Crippen LogP contribution in [0, 0.1) is 17.5 Å². The third-order valence-electron chi connectivity index (χ3n) is 1.94. The molecule has 0 aromatic heterocycles. The minimum absolute atomic E-state index is 0.0144. The minimum Gasteiger partial charge on any atom is -0.207 e. The summed E-state index contributed by atoms with van der Waals surface area (Å²) < 4.78 is 88.0. The van der Waals surface area contributed by atoms with Crippen molar-refractivity contribution >= 4 is 15.9 Å². The van der Waals surface area contributed by atoms with E-state index in [1.165, 1.54) is 0 Å². The summed E-state index contributed by atoms with van der Waals surface area (Å²) in [6.07, 6.45) is -4.07. The number of halogens is 8. The van der Waals surface area contributed by atoms with Crippen LogP contribution >= 0.6 is 15.9 Å². The summed E-state index contributed by atoms with van der Waals surface area (Å²) in [4.78, 5) is -2.45. The predicted molar refractivity (Wildman–Crippen MR) is 48.9 cm³/mol. The van der Waals surface area contributed by atoms with Gasteiger partial charge in [0.1, 0.15) is 10.6 Å². The van der Waals surface area contributed by atoms with Crippen LogP contribution < -0.4 is 0 Å². The summed E-state index contributed by atoms with van der Waals surface area (Å²) in [7, 11) is 0. The molecule has 1 rings (SSSR count). The number of hydrogen-bond acceptors (Lipinski definition) is 0. The molecule has 8 heteroatoms. The fourth-order valence-corrected chi connectivity index (χ4v) is 1.60. The van der Waals surface area contributed by atoms with E-state index in [9.17, 15) is 30.7 Å². The molecule has 1 aromatic rings. The van der Waals surface area contributed by atoms with Gasteiger partial charge in [0.15, 0.2) is 11.6 Å². The highest BCUT2D eigenvalue weighted by Gasteiger charge is 2.49. The Morgan fingerprint density at radius 2 is 1.41 bits per heavy atom. The van der Waals surface area contributed by atoms with Gasteiger partial charge in [0.25, 0.3) is 0 Å². The van der Waals surface area contributed by atoms with Gasteiger partial charge in [-0.2, -0.15) is 8.78 Å². The van der Waals surface area contributed by atoms with Crippen LogP contribution in [-0.4, -0.2) is 12.3 Å². The highest BCUT2D eigenvalue weighted by atomic mass is 79.9. The van der Waals surface area contributed by atoms with Crippen molar-refractivity contribution in [1.82, 2.24) is 0 Å². The number of rotatable bonds is 3. The third-order valence-corrected chi connectivity index (χ3v) is 3.05. The van der Waals surface area contributed by atoms with Gasteiger partial charge in [-0.15, -0.1) is 0 Å². The number of hydrogen-bond donors (Lipinski definition) is 0. The van der Waals surface area contributed by atoms with Gasteiger partial charge < -0.3 is 0 Å². The fraction of sp³-hybridized carbons (Fsp3) is 0.333. The topological polar surface area (TPSA) is 0 Å². The van der Waals surface area contributed by atoms with Gasteiger partial charge in [-0.25, -0.2) is 22.0 Å². The number of alkyl halides is 5. The lowest BCUT2D eigenvalue weighted by molar-refractivity contribution is -0.128. The van der Waals surface area contributed by atoms with E-state index >= 15 is 0 Å². The molecule has 0 aliphatic rings. The molecule has 96 valence electrons. The molecule has 0 N–H and O–H groups in total. The molecule has 1 aromatic carbocycles. The van der Waals surface area contributed by atoms with Gasteiger partial charge in [-0.05, 0) is 6.07 Å². The van der Waals surface area contributed by atoms with Crippen molar-refractivity contribution in [1.29, 1.82) is 0 Å². The van der Waals surface area contributed by atoms with Crippen molar-refractivity contribution in [3.63, 3.8) is 0 Å². The maximum atomic E-state index is 13.1. The zero-order chi connectivity index (χ0) is 13.4. The molecule has 0 fully saturated rings. The van der Waals surface area contributed by atoms with Crippen LogP contribution in [0.25, 0.3) is 0 Å². The second-order valence-corrected chi connectivity index (χ2v) is 4.04. The highest BCUT2D eigenvalue weighted by Crippen LogP contribution is 2.43.